The monoisotopic (exact) mass is 383 g/mol. The Labute approximate surface area is 161 Å². The van der Waals surface area contributed by atoms with Crippen molar-refractivity contribution >= 4 is 17.2 Å². The van der Waals surface area contributed by atoms with Crippen LogP contribution in [0.15, 0.2) is 58.5 Å². The molecule has 3 heterocycles. The van der Waals surface area contributed by atoms with Gasteiger partial charge in [0, 0.05) is 31.6 Å². The fourth-order valence-corrected chi connectivity index (χ4v) is 3.84. The van der Waals surface area contributed by atoms with Crippen molar-refractivity contribution < 1.29 is 13.9 Å². The fraction of sp³-hybridized carbons (Fsp3) is 0.300. The SMILES string of the molecule is O=C(NCC1CN(Cc2ccccc2)CCO1)c1csc(-c2ccco2)n1. The van der Waals surface area contributed by atoms with E-state index in [0.29, 0.717) is 29.6 Å². The van der Waals surface area contributed by atoms with Gasteiger partial charge in [0.05, 0.1) is 19.0 Å². The number of nitrogens with one attached hydrogen (secondary N) is 1. The molecule has 1 atom stereocenters. The van der Waals surface area contributed by atoms with E-state index in [2.05, 4.69) is 39.5 Å². The minimum absolute atomic E-state index is 0.0189. The van der Waals surface area contributed by atoms with Crippen LogP contribution >= 0.6 is 11.3 Å². The number of hydrogen-bond acceptors (Lipinski definition) is 6. The number of hydrogen-bond donors (Lipinski definition) is 1. The summed E-state index contributed by atoms with van der Waals surface area (Å²) in [4.78, 5) is 19.1. The molecule has 1 unspecified atom stereocenters. The maximum absolute atomic E-state index is 12.4. The number of rotatable bonds is 6. The zero-order chi connectivity index (χ0) is 18.5. The van der Waals surface area contributed by atoms with Gasteiger partial charge in [0.2, 0.25) is 0 Å². The highest BCUT2D eigenvalue weighted by molar-refractivity contribution is 7.13. The van der Waals surface area contributed by atoms with Gasteiger partial charge >= 0.3 is 0 Å². The van der Waals surface area contributed by atoms with E-state index in [-0.39, 0.29) is 12.0 Å². The predicted octanol–water partition coefficient (Wildman–Crippen LogP) is 3.03. The molecule has 3 aromatic rings. The van der Waals surface area contributed by atoms with Gasteiger partial charge in [-0.15, -0.1) is 11.3 Å². The number of benzene rings is 1. The summed E-state index contributed by atoms with van der Waals surface area (Å²) in [6, 6.07) is 14.0. The summed E-state index contributed by atoms with van der Waals surface area (Å²) >= 11 is 1.39. The molecule has 0 saturated carbocycles. The summed E-state index contributed by atoms with van der Waals surface area (Å²) in [7, 11) is 0. The topological polar surface area (TPSA) is 67.6 Å². The normalized spacial score (nSPS) is 17.7. The first-order valence-corrected chi connectivity index (χ1v) is 9.81. The van der Waals surface area contributed by atoms with Gasteiger partial charge in [0.25, 0.3) is 5.91 Å². The first-order chi connectivity index (χ1) is 13.3. The van der Waals surface area contributed by atoms with Crippen LogP contribution in [-0.4, -0.2) is 48.1 Å². The summed E-state index contributed by atoms with van der Waals surface area (Å²) in [5.41, 5.74) is 1.69. The largest absolute Gasteiger partial charge is 0.462 e. The van der Waals surface area contributed by atoms with Crippen LogP contribution in [0.25, 0.3) is 10.8 Å². The minimum atomic E-state index is -0.187. The van der Waals surface area contributed by atoms with Crippen LogP contribution in [0.2, 0.25) is 0 Å². The van der Waals surface area contributed by atoms with Gasteiger partial charge in [-0.1, -0.05) is 30.3 Å². The quantitative estimate of drug-likeness (QED) is 0.709. The molecule has 0 aliphatic carbocycles. The second-order valence-corrected chi connectivity index (χ2v) is 7.30. The van der Waals surface area contributed by atoms with E-state index in [9.17, 15) is 4.79 Å². The third-order valence-corrected chi connectivity index (χ3v) is 5.29. The van der Waals surface area contributed by atoms with Crippen molar-refractivity contribution in [2.24, 2.45) is 0 Å². The lowest BCUT2D eigenvalue weighted by molar-refractivity contribution is -0.0292. The highest BCUT2D eigenvalue weighted by Gasteiger charge is 2.22. The maximum atomic E-state index is 12.4. The minimum Gasteiger partial charge on any atom is -0.462 e. The van der Waals surface area contributed by atoms with Crippen LogP contribution in [0, 0.1) is 0 Å². The molecule has 7 heteroatoms. The third kappa shape index (κ3) is 4.63. The van der Waals surface area contributed by atoms with Crippen molar-refractivity contribution in [3.05, 3.63) is 65.4 Å². The lowest BCUT2D eigenvalue weighted by atomic mass is 10.2. The molecule has 140 valence electrons. The lowest BCUT2D eigenvalue weighted by Crippen LogP contribution is -2.47. The number of thiazole rings is 1. The Morgan fingerprint density at radius 2 is 2.15 bits per heavy atom. The molecular formula is C20H21N3O3S. The van der Waals surface area contributed by atoms with Crippen LogP contribution in [0.5, 0.6) is 0 Å². The molecule has 1 fully saturated rings. The Hall–Kier alpha value is -2.48. The second kappa shape index (κ2) is 8.47. The van der Waals surface area contributed by atoms with E-state index in [1.807, 2.05) is 12.1 Å². The molecular weight excluding hydrogens is 362 g/mol. The van der Waals surface area contributed by atoms with Gasteiger partial charge in [-0.05, 0) is 17.7 Å². The summed E-state index contributed by atoms with van der Waals surface area (Å²) in [5, 5.41) is 5.38. The number of carbonyl (C=O) groups is 1. The molecule has 1 saturated heterocycles. The first kappa shape index (κ1) is 17.9. The van der Waals surface area contributed by atoms with E-state index in [1.165, 1.54) is 16.9 Å². The average Bonchev–Trinajstić information content (AvgIpc) is 3.39. The first-order valence-electron chi connectivity index (χ1n) is 8.93. The zero-order valence-electron chi connectivity index (χ0n) is 14.8. The molecule has 4 rings (SSSR count). The number of ether oxygens (including phenoxy) is 1. The number of carbonyl (C=O) groups excluding carboxylic acids is 1. The van der Waals surface area contributed by atoms with Crippen LogP contribution in [0.1, 0.15) is 16.1 Å². The standard InChI is InChI=1S/C20H21N3O3S/c24-19(17-14-27-20(22-17)18-7-4-9-26-18)21-11-16-13-23(8-10-25-16)12-15-5-2-1-3-6-15/h1-7,9,14,16H,8,10-13H2,(H,21,24). The van der Waals surface area contributed by atoms with E-state index in [0.717, 1.165) is 19.6 Å². The summed E-state index contributed by atoms with van der Waals surface area (Å²) in [6.07, 6.45) is 1.58. The maximum Gasteiger partial charge on any atom is 0.270 e. The predicted molar refractivity (Wildman–Crippen MR) is 104 cm³/mol. The molecule has 0 bridgehead atoms. The molecule has 1 aliphatic heterocycles. The molecule has 1 N–H and O–H groups in total. The molecule has 0 spiro atoms. The smallest absolute Gasteiger partial charge is 0.270 e. The van der Waals surface area contributed by atoms with Gasteiger partial charge in [0.15, 0.2) is 10.8 Å². The van der Waals surface area contributed by atoms with Gasteiger partial charge in [0.1, 0.15) is 5.69 Å². The Balaban J connectivity index is 1.28. The Bertz CT molecular complexity index is 864. The van der Waals surface area contributed by atoms with Crippen molar-refractivity contribution in [1.82, 2.24) is 15.2 Å². The number of morpholine rings is 1. The van der Waals surface area contributed by atoms with E-state index < -0.39 is 0 Å². The van der Waals surface area contributed by atoms with Crippen molar-refractivity contribution in [2.45, 2.75) is 12.6 Å². The Kier molecular flexibility index (Phi) is 5.62. The number of aromatic nitrogens is 1. The van der Waals surface area contributed by atoms with Crippen molar-refractivity contribution in [3.8, 4) is 10.8 Å². The second-order valence-electron chi connectivity index (χ2n) is 6.44. The number of nitrogens with zero attached hydrogens (tertiary/aromatic N) is 2. The molecule has 6 nitrogen and oxygen atoms in total. The van der Waals surface area contributed by atoms with Gasteiger partial charge < -0.3 is 14.5 Å². The summed E-state index contributed by atoms with van der Waals surface area (Å²) in [6.45, 7) is 3.74. The van der Waals surface area contributed by atoms with Crippen LogP contribution in [0.3, 0.4) is 0 Å². The van der Waals surface area contributed by atoms with Crippen molar-refractivity contribution in [3.63, 3.8) is 0 Å². The highest BCUT2D eigenvalue weighted by Crippen LogP contribution is 2.23. The molecule has 1 aliphatic rings. The third-order valence-electron chi connectivity index (χ3n) is 4.43. The summed E-state index contributed by atoms with van der Waals surface area (Å²) < 4.78 is 11.1. The van der Waals surface area contributed by atoms with Gasteiger partial charge in [-0.25, -0.2) is 4.98 Å². The van der Waals surface area contributed by atoms with Crippen molar-refractivity contribution in [1.29, 1.82) is 0 Å². The Morgan fingerprint density at radius 3 is 2.96 bits per heavy atom. The zero-order valence-corrected chi connectivity index (χ0v) is 15.7. The van der Waals surface area contributed by atoms with E-state index in [4.69, 9.17) is 9.15 Å². The lowest BCUT2D eigenvalue weighted by Gasteiger charge is -2.33. The molecule has 27 heavy (non-hydrogen) atoms. The molecule has 0 radical (unpaired) electrons. The van der Waals surface area contributed by atoms with E-state index in [1.54, 1.807) is 17.7 Å². The highest BCUT2D eigenvalue weighted by atomic mass is 32.1. The Morgan fingerprint density at radius 1 is 1.26 bits per heavy atom. The number of furan rings is 1. The average molecular weight is 383 g/mol. The van der Waals surface area contributed by atoms with E-state index >= 15 is 0 Å². The fourth-order valence-electron chi connectivity index (χ4n) is 3.08. The van der Waals surface area contributed by atoms with Crippen LogP contribution < -0.4 is 5.32 Å². The number of amides is 1. The molecule has 1 amide bonds. The molecule has 1 aromatic carbocycles. The van der Waals surface area contributed by atoms with Crippen LogP contribution in [-0.2, 0) is 11.3 Å². The van der Waals surface area contributed by atoms with Gasteiger partial charge in [-0.3, -0.25) is 9.69 Å². The summed E-state index contributed by atoms with van der Waals surface area (Å²) in [5.74, 6) is 0.485. The van der Waals surface area contributed by atoms with Crippen molar-refractivity contribution in [2.75, 3.05) is 26.2 Å². The molecule has 2 aromatic heterocycles. The van der Waals surface area contributed by atoms with Gasteiger partial charge in [-0.2, -0.15) is 0 Å². The van der Waals surface area contributed by atoms with Crippen LogP contribution in [0.4, 0.5) is 0 Å².